The summed E-state index contributed by atoms with van der Waals surface area (Å²) in [6.07, 6.45) is 4.76. The number of Topliss-reactive ketones (excluding diaryl/α,β-unsaturated/α-hetero) is 1. The van der Waals surface area contributed by atoms with Crippen molar-refractivity contribution in [3.8, 4) is 5.75 Å². The summed E-state index contributed by atoms with van der Waals surface area (Å²) in [5, 5.41) is 0. The zero-order valence-corrected chi connectivity index (χ0v) is 16.3. The van der Waals surface area contributed by atoms with Gasteiger partial charge in [0.25, 0.3) is 0 Å². The number of hydrogen-bond donors (Lipinski definition) is 2. The summed E-state index contributed by atoms with van der Waals surface area (Å²) >= 11 is 0. The molecular weight excluding hydrogens is 364 g/mol. The molecule has 1 aromatic carbocycles. The van der Waals surface area contributed by atoms with Gasteiger partial charge in [0.15, 0.2) is 5.78 Å². The highest BCUT2D eigenvalue weighted by molar-refractivity contribution is 5.99. The van der Waals surface area contributed by atoms with E-state index in [0.717, 1.165) is 44.5 Å². The predicted octanol–water partition coefficient (Wildman–Crippen LogP) is 2.47. The number of nitrogens with zero attached hydrogens (tertiary/aromatic N) is 1. The van der Waals surface area contributed by atoms with Gasteiger partial charge in [-0.15, -0.1) is 0 Å². The summed E-state index contributed by atoms with van der Waals surface area (Å²) < 4.78 is 34.0. The van der Waals surface area contributed by atoms with Crippen molar-refractivity contribution in [2.45, 2.75) is 49.6 Å². The number of carbonyl (C=O) groups is 1. The molecule has 1 saturated heterocycles. The van der Waals surface area contributed by atoms with E-state index in [4.69, 9.17) is 16.2 Å². The maximum atomic E-state index is 14.2. The molecule has 4 N–H and O–H groups in total. The van der Waals surface area contributed by atoms with E-state index in [1.165, 1.54) is 0 Å². The highest BCUT2D eigenvalue weighted by Gasteiger charge is 2.65. The summed E-state index contributed by atoms with van der Waals surface area (Å²) in [6, 6.07) is 2.17. The van der Waals surface area contributed by atoms with Crippen molar-refractivity contribution >= 4 is 5.78 Å². The number of rotatable bonds is 7. The van der Waals surface area contributed by atoms with E-state index in [-0.39, 0.29) is 23.8 Å². The molecule has 1 aromatic rings. The summed E-state index contributed by atoms with van der Waals surface area (Å²) in [6.45, 7) is 2.29. The Hall–Kier alpha value is -1.57. The zero-order chi connectivity index (χ0) is 20.1. The number of nitrogens with two attached hydrogens (primary N) is 2. The molecule has 1 aliphatic heterocycles. The Morgan fingerprint density at radius 2 is 1.79 bits per heavy atom. The Morgan fingerprint density at radius 1 is 1.18 bits per heavy atom. The van der Waals surface area contributed by atoms with Crippen LogP contribution in [-0.2, 0) is 0 Å². The van der Waals surface area contributed by atoms with Crippen LogP contribution < -0.4 is 16.2 Å². The first-order valence-corrected chi connectivity index (χ1v) is 10.2. The van der Waals surface area contributed by atoms with Crippen LogP contribution in [-0.4, -0.2) is 48.5 Å². The van der Waals surface area contributed by atoms with Crippen LogP contribution >= 0.6 is 0 Å². The Bertz CT molecular complexity index is 754. The minimum Gasteiger partial charge on any atom is -0.493 e. The first kappa shape index (κ1) is 19.7. The van der Waals surface area contributed by atoms with Gasteiger partial charge < -0.3 is 21.1 Å². The monoisotopic (exact) mass is 393 g/mol. The Balaban J connectivity index is 1.33. The fourth-order valence-corrected chi connectivity index (χ4v) is 4.64. The molecule has 0 amide bonds. The molecule has 2 aliphatic carbocycles. The number of hydrogen-bond acceptors (Lipinski definition) is 5. The number of benzene rings is 1. The van der Waals surface area contributed by atoms with Crippen LogP contribution in [0.1, 0.15) is 48.9 Å². The maximum Gasteiger partial charge on any atom is 0.171 e. The molecule has 0 aromatic heterocycles. The first-order valence-electron chi connectivity index (χ1n) is 10.2. The fraction of sp³-hybridized carbons (Fsp3) is 0.667. The molecule has 2 atom stereocenters. The highest BCUT2D eigenvalue weighted by atomic mass is 19.1. The topological polar surface area (TPSA) is 81.6 Å². The van der Waals surface area contributed by atoms with E-state index in [9.17, 15) is 13.6 Å². The molecule has 4 rings (SSSR count). The third kappa shape index (κ3) is 3.55. The molecule has 5 nitrogen and oxygen atoms in total. The summed E-state index contributed by atoms with van der Waals surface area (Å²) in [5.74, 6) is -1.93. The van der Waals surface area contributed by atoms with Gasteiger partial charge in [0.1, 0.15) is 17.4 Å². The lowest BCUT2D eigenvalue weighted by Crippen LogP contribution is -2.50. The van der Waals surface area contributed by atoms with Gasteiger partial charge in [-0.3, -0.25) is 4.79 Å². The second-order valence-corrected chi connectivity index (χ2v) is 8.95. The lowest BCUT2D eigenvalue weighted by molar-refractivity contribution is 0.0959. The number of piperidine rings is 1. The van der Waals surface area contributed by atoms with Gasteiger partial charge in [0, 0.05) is 35.5 Å². The molecule has 0 spiro atoms. The summed E-state index contributed by atoms with van der Waals surface area (Å²) in [5.41, 5.74) is 11.8. The van der Waals surface area contributed by atoms with E-state index >= 15 is 0 Å². The summed E-state index contributed by atoms with van der Waals surface area (Å²) in [7, 11) is 2.11. The predicted molar refractivity (Wildman–Crippen MR) is 102 cm³/mol. The van der Waals surface area contributed by atoms with Crippen molar-refractivity contribution in [2.75, 3.05) is 26.7 Å². The van der Waals surface area contributed by atoms with Crippen molar-refractivity contribution in [1.82, 2.24) is 4.90 Å². The Labute approximate surface area is 164 Å². The van der Waals surface area contributed by atoms with Crippen LogP contribution in [0.3, 0.4) is 0 Å². The van der Waals surface area contributed by atoms with Gasteiger partial charge in [-0.05, 0) is 58.2 Å². The van der Waals surface area contributed by atoms with Crippen LogP contribution in [0.4, 0.5) is 8.78 Å². The lowest BCUT2D eigenvalue weighted by atomic mass is 9.84. The minimum atomic E-state index is -0.861. The molecule has 1 heterocycles. The number of ketones is 1. The third-order valence-corrected chi connectivity index (χ3v) is 6.88. The average Bonchev–Trinajstić information content (AvgIpc) is 3.53. The van der Waals surface area contributed by atoms with Gasteiger partial charge in [-0.1, -0.05) is 0 Å². The number of carbonyl (C=O) groups excluding carboxylic acids is 1. The zero-order valence-electron chi connectivity index (χ0n) is 16.3. The molecule has 2 saturated carbocycles. The van der Waals surface area contributed by atoms with Crippen LogP contribution in [0.5, 0.6) is 5.75 Å². The van der Waals surface area contributed by atoms with Crippen LogP contribution in [0.2, 0.25) is 0 Å². The SMILES string of the molecule is CN1CCC(C2(N)CC2(N)CCOc2cc(F)c(C(=O)C3CC3)c(F)c2)CC1. The smallest absolute Gasteiger partial charge is 0.171 e. The second-order valence-electron chi connectivity index (χ2n) is 8.95. The fourth-order valence-electron chi connectivity index (χ4n) is 4.64. The Kier molecular flexibility index (Phi) is 4.96. The first-order chi connectivity index (χ1) is 13.2. The minimum absolute atomic E-state index is 0.0773. The van der Waals surface area contributed by atoms with Gasteiger partial charge in [-0.2, -0.15) is 0 Å². The molecular formula is C21H29F2N3O2. The molecule has 154 valence electrons. The molecule has 28 heavy (non-hydrogen) atoms. The van der Waals surface area contributed by atoms with Gasteiger partial charge in [-0.25, -0.2) is 8.78 Å². The Morgan fingerprint density at radius 3 is 2.36 bits per heavy atom. The van der Waals surface area contributed by atoms with Crippen molar-refractivity contribution in [3.05, 3.63) is 29.3 Å². The lowest BCUT2D eigenvalue weighted by Gasteiger charge is -2.35. The van der Waals surface area contributed by atoms with E-state index in [1.54, 1.807) is 0 Å². The molecule has 0 bridgehead atoms. The van der Waals surface area contributed by atoms with E-state index < -0.39 is 28.5 Å². The van der Waals surface area contributed by atoms with Gasteiger partial charge >= 0.3 is 0 Å². The molecule has 3 aliphatic rings. The number of ether oxygens (including phenoxy) is 1. The third-order valence-electron chi connectivity index (χ3n) is 6.88. The standard InChI is InChI=1S/C21H29F2N3O2/c1-26-7-4-14(5-8-26)21(25)12-20(21,24)6-9-28-15-10-16(22)18(17(23)11-15)19(27)13-2-3-13/h10-11,13-14H,2-9,12,24-25H2,1H3. The second kappa shape index (κ2) is 7.04. The molecule has 3 fully saturated rings. The van der Waals surface area contributed by atoms with E-state index in [0.29, 0.717) is 25.2 Å². The van der Waals surface area contributed by atoms with Crippen LogP contribution in [0.25, 0.3) is 0 Å². The largest absolute Gasteiger partial charge is 0.493 e. The van der Waals surface area contributed by atoms with Crippen molar-refractivity contribution in [3.63, 3.8) is 0 Å². The number of halogens is 2. The quantitative estimate of drug-likeness (QED) is 0.696. The molecule has 0 radical (unpaired) electrons. The normalized spacial score (nSPS) is 31.0. The molecule has 7 heteroatoms. The van der Waals surface area contributed by atoms with Crippen LogP contribution in [0, 0.1) is 23.5 Å². The van der Waals surface area contributed by atoms with Crippen molar-refractivity contribution < 1.29 is 18.3 Å². The van der Waals surface area contributed by atoms with Crippen molar-refractivity contribution in [2.24, 2.45) is 23.3 Å². The molecule has 2 unspecified atom stereocenters. The highest BCUT2D eigenvalue weighted by Crippen LogP contribution is 2.53. The number of likely N-dealkylation sites (tertiary alicyclic amines) is 1. The summed E-state index contributed by atoms with van der Waals surface area (Å²) in [4.78, 5) is 14.3. The van der Waals surface area contributed by atoms with Gasteiger partial charge in [0.2, 0.25) is 0 Å². The van der Waals surface area contributed by atoms with Gasteiger partial charge in [0.05, 0.1) is 12.2 Å². The average molecular weight is 393 g/mol. The van der Waals surface area contributed by atoms with E-state index in [1.807, 2.05) is 0 Å². The van der Waals surface area contributed by atoms with E-state index in [2.05, 4.69) is 11.9 Å². The maximum absolute atomic E-state index is 14.2. The van der Waals surface area contributed by atoms with Crippen LogP contribution in [0.15, 0.2) is 12.1 Å². The van der Waals surface area contributed by atoms with Crippen molar-refractivity contribution in [1.29, 1.82) is 0 Å².